The Morgan fingerprint density at radius 1 is 0.967 bits per heavy atom. The summed E-state index contributed by atoms with van der Waals surface area (Å²) in [4.78, 5) is 25.2. The van der Waals surface area contributed by atoms with Crippen LogP contribution in [0, 0.1) is 13.8 Å². The summed E-state index contributed by atoms with van der Waals surface area (Å²) >= 11 is 12.4. The second kappa shape index (κ2) is 7.98. The molecule has 4 rings (SSSR count). The van der Waals surface area contributed by atoms with Gasteiger partial charge >= 0.3 is 5.97 Å². The third-order valence-electron chi connectivity index (χ3n) is 4.80. The zero-order valence-corrected chi connectivity index (χ0v) is 17.7. The molecule has 1 aliphatic rings. The van der Waals surface area contributed by atoms with Gasteiger partial charge in [-0.1, -0.05) is 47.0 Å². The number of halogens is 2. The molecule has 0 unspecified atom stereocenters. The molecule has 0 amide bonds. The highest BCUT2D eigenvalue weighted by atomic mass is 35.5. The van der Waals surface area contributed by atoms with Crippen LogP contribution in [0.1, 0.15) is 37.4 Å². The topological polar surface area (TPSA) is 52.6 Å². The minimum Gasteiger partial charge on any atom is -0.452 e. The highest BCUT2D eigenvalue weighted by Gasteiger charge is 2.31. The van der Waals surface area contributed by atoms with Crippen LogP contribution in [0.4, 0.5) is 0 Å². The maximum atomic E-state index is 12.8. The SMILES string of the molecule is Cc1ccc(C(=O)Oc2ccc3c(c2C)O/C(=C\c2c(Cl)cccc2Cl)C3=O)cc1. The van der Waals surface area contributed by atoms with Crippen LogP contribution in [0.25, 0.3) is 6.08 Å². The summed E-state index contributed by atoms with van der Waals surface area (Å²) in [6, 6.07) is 15.3. The van der Waals surface area contributed by atoms with Gasteiger partial charge in [0, 0.05) is 21.2 Å². The fourth-order valence-electron chi connectivity index (χ4n) is 3.11. The first kappa shape index (κ1) is 20.2. The number of rotatable bonds is 3. The molecule has 0 spiro atoms. The first-order valence-electron chi connectivity index (χ1n) is 9.16. The molecule has 3 aromatic rings. The Kier molecular flexibility index (Phi) is 5.37. The van der Waals surface area contributed by atoms with Crippen molar-refractivity contribution >= 4 is 41.0 Å². The molecule has 0 bridgehead atoms. The van der Waals surface area contributed by atoms with Crippen molar-refractivity contribution in [3.8, 4) is 11.5 Å². The summed E-state index contributed by atoms with van der Waals surface area (Å²) in [5.41, 5.74) is 2.92. The lowest BCUT2D eigenvalue weighted by molar-refractivity contribution is 0.0733. The van der Waals surface area contributed by atoms with Gasteiger partial charge in [0.15, 0.2) is 5.76 Å². The number of carbonyl (C=O) groups excluding carboxylic acids is 2. The van der Waals surface area contributed by atoms with E-state index in [9.17, 15) is 9.59 Å². The molecule has 0 aromatic heterocycles. The van der Waals surface area contributed by atoms with E-state index in [0.717, 1.165) is 5.56 Å². The number of Topliss-reactive ketones (excluding diaryl/α,β-unsaturated/α-hetero) is 1. The average Bonchev–Trinajstić information content (AvgIpc) is 3.04. The molecule has 6 heteroatoms. The summed E-state index contributed by atoms with van der Waals surface area (Å²) in [5, 5.41) is 0.818. The maximum absolute atomic E-state index is 12.8. The lowest BCUT2D eigenvalue weighted by atomic mass is 10.1. The molecule has 4 nitrogen and oxygen atoms in total. The Bertz CT molecular complexity index is 1190. The molecule has 30 heavy (non-hydrogen) atoms. The molecule has 0 fully saturated rings. The summed E-state index contributed by atoms with van der Waals surface area (Å²) < 4.78 is 11.3. The fourth-order valence-corrected chi connectivity index (χ4v) is 3.61. The summed E-state index contributed by atoms with van der Waals surface area (Å²) in [6.07, 6.45) is 1.52. The van der Waals surface area contributed by atoms with Gasteiger partial charge in [0.1, 0.15) is 11.5 Å². The molecule has 0 radical (unpaired) electrons. The molecule has 150 valence electrons. The molecule has 0 aliphatic carbocycles. The number of esters is 1. The molecular formula is C24H16Cl2O4. The van der Waals surface area contributed by atoms with E-state index in [1.54, 1.807) is 49.4 Å². The molecule has 0 saturated heterocycles. The van der Waals surface area contributed by atoms with E-state index in [4.69, 9.17) is 32.7 Å². The number of allylic oxidation sites excluding steroid dienone is 1. The largest absolute Gasteiger partial charge is 0.452 e. The standard InChI is InChI=1S/C24H16Cl2O4/c1-13-6-8-15(9-7-13)24(28)30-20-11-10-16-22(27)21(29-23(16)14(20)2)12-17-18(25)4-3-5-19(17)26/h3-12H,1-2H3/b21-12-. The number of fused-ring (bicyclic) bond motifs is 1. The van der Waals surface area contributed by atoms with Gasteiger partial charge in [0.25, 0.3) is 0 Å². The Hall–Kier alpha value is -3.08. The number of aryl methyl sites for hydroxylation is 1. The summed E-state index contributed by atoms with van der Waals surface area (Å²) in [7, 11) is 0. The molecule has 0 saturated carbocycles. The van der Waals surface area contributed by atoms with Crippen molar-refractivity contribution < 1.29 is 19.1 Å². The third-order valence-corrected chi connectivity index (χ3v) is 5.46. The molecule has 0 N–H and O–H groups in total. The minimum atomic E-state index is -0.485. The smallest absolute Gasteiger partial charge is 0.343 e. The van der Waals surface area contributed by atoms with E-state index < -0.39 is 5.97 Å². The van der Waals surface area contributed by atoms with Crippen molar-refractivity contribution in [2.24, 2.45) is 0 Å². The van der Waals surface area contributed by atoms with Gasteiger partial charge in [-0.15, -0.1) is 0 Å². The number of benzene rings is 3. The van der Waals surface area contributed by atoms with Crippen molar-refractivity contribution in [1.29, 1.82) is 0 Å². The van der Waals surface area contributed by atoms with Crippen LogP contribution >= 0.6 is 23.2 Å². The van der Waals surface area contributed by atoms with Gasteiger partial charge in [0.05, 0.1) is 11.1 Å². The lowest BCUT2D eigenvalue weighted by Gasteiger charge is -2.10. The molecule has 1 aliphatic heterocycles. The molecular weight excluding hydrogens is 423 g/mol. The first-order chi connectivity index (χ1) is 14.3. The van der Waals surface area contributed by atoms with E-state index in [0.29, 0.717) is 43.8 Å². The van der Waals surface area contributed by atoms with E-state index >= 15 is 0 Å². The number of carbonyl (C=O) groups is 2. The van der Waals surface area contributed by atoms with Crippen molar-refractivity contribution in [1.82, 2.24) is 0 Å². The van der Waals surface area contributed by atoms with Crippen LogP contribution in [0.15, 0.2) is 60.4 Å². The number of ketones is 1. The second-order valence-electron chi connectivity index (χ2n) is 6.90. The van der Waals surface area contributed by atoms with Gasteiger partial charge in [0.2, 0.25) is 5.78 Å². The zero-order valence-electron chi connectivity index (χ0n) is 16.2. The number of hydrogen-bond donors (Lipinski definition) is 0. The summed E-state index contributed by atoms with van der Waals surface area (Å²) in [6.45, 7) is 3.67. The summed E-state index contributed by atoms with van der Waals surface area (Å²) in [5.74, 6) is -0.000574. The highest BCUT2D eigenvalue weighted by Crippen LogP contribution is 2.40. The van der Waals surface area contributed by atoms with Crippen molar-refractivity contribution in [2.45, 2.75) is 13.8 Å². The number of ether oxygens (including phenoxy) is 2. The van der Waals surface area contributed by atoms with E-state index in [-0.39, 0.29) is 11.5 Å². The van der Waals surface area contributed by atoms with Gasteiger partial charge in [-0.05, 0) is 56.3 Å². The predicted octanol–water partition coefficient (Wildman–Crippen LogP) is 6.45. The van der Waals surface area contributed by atoms with Gasteiger partial charge in [-0.25, -0.2) is 4.79 Å². The Morgan fingerprint density at radius 2 is 1.63 bits per heavy atom. The monoisotopic (exact) mass is 438 g/mol. The van der Waals surface area contributed by atoms with Crippen LogP contribution in [0.2, 0.25) is 10.0 Å². The Balaban J connectivity index is 1.64. The Morgan fingerprint density at radius 3 is 2.30 bits per heavy atom. The quantitative estimate of drug-likeness (QED) is 0.268. The third kappa shape index (κ3) is 3.72. The van der Waals surface area contributed by atoms with Crippen LogP contribution in [-0.2, 0) is 0 Å². The predicted molar refractivity (Wildman–Crippen MR) is 117 cm³/mol. The van der Waals surface area contributed by atoms with Crippen LogP contribution in [-0.4, -0.2) is 11.8 Å². The van der Waals surface area contributed by atoms with E-state index in [1.807, 2.05) is 19.1 Å². The molecule has 0 atom stereocenters. The van der Waals surface area contributed by atoms with Crippen molar-refractivity contribution in [3.63, 3.8) is 0 Å². The molecule has 3 aromatic carbocycles. The van der Waals surface area contributed by atoms with Crippen LogP contribution in [0.5, 0.6) is 11.5 Å². The van der Waals surface area contributed by atoms with E-state index in [2.05, 4.69) is 0 Å². The highest BCUT2D eigenvalue weighted by molar-refractivity contribution is 6.37. The van der Waals surface area contributed by atoms with E-state index in [1.165, 1.54) is 6.08 Å². The maximum Gasteiger partial charge on any atom is 0.343 e. The van der Waals surface area contributed by atoms with Crippen molar-refractivity contribution in [2.75, 3.05) is 0 Å². The fraction of sp³-hybridized carbons (Fsp3) is 0.0833. The lowest BCUT2D eigenvalue weighted by Crippen LogP contribution is -2.09. The van der Waals surface area contributed by atoms with Crippen molar-refractivity contribution in [3.05, 3.63) is 98.2 Å². The molecule has 1 heterocycles. The average molecular weight is 439 g/mol. The minimum absolute atomic E-state index is 0.102. The first-order valence-corrected chi connectivity index (χ1v) is 9.91. The van der Waals surface area contributed by atoms with Crippen LogP contribution in [0.3, 0.4) is 0 Å². The second-order valence-corrected chi connectivity index (χ2v) is 7.71. The Labute approximate surface area is 183 Å². The zero-order chi connectivity index (χ0) is 21.4. The normalized spacial score (nSPS) is 13.9. The van der Waals surface area contributed by atoms with Gasteiger partial charge < -0.3 is 9.47 Å². The number of hydrogen-bond acceptors (Lipinski definition) is 4. The van der Waals surface area contributed by atoms with Gasteiger partial charge in [-0.2, -0.15) is 0 Å². The van der Waals surface area contributed by atoms with Gasteiger partial charge in [-0.3, -0.25) is 4.79 Å². The van der Waals surface area contributed by atoms with Crippen LogP contribution < -0.4 is 9.47 Å².